The fourth-order valence-electron chi connectivity index (χ4n) is 3.94. The van der Waals surface area contributed by atoms with E-state index >= 15 is 0 Å². The number of aryl methyl sites for hydroxylation is 1. The monoisotopic (exact) mass is 392 g/mol. The van der Waals surface area contributed by atoms with Gasteiger partial charge in [0.25, 0.3) is 0 Å². The first kappa shape index (κ1) is 18.9. The molecule has 1 aliphatic heterocycles. The molecule has 0 aliphatic carbocycles. The van der Waals surface area contributed by atoms with Crippen LogP contribution in [-0.2, 0) is 23.1 Å². The molecule has 1 unspecified atom stereocenters. The molecule has 1 aliphatic rings. The number of hydrogen-bond acceptors (Lipinski definition) is 4. The minimum Gasteiger partial charge on any atom is -0.354 e. The Bertz CT molecular complexity index is 1070. The van der Waals surface area contributed by atoms with Crippen LogP contribution in [-0.4, -0.2) is 55.6 Å². The van der Waals surface area contributed by atoms with E-state index in [1.807, 2.05) is 23.9 Å². The number of aromatic amines is 1. The molecular formula is C21H24N6O2. The Kier molecular flexibility index (Phi) is 5.16. The number of aromatic nitrogens is 4. The summed E-state index contributed by atoms with van der Waals surface area (Å²) in [5, 5.41) is 8.22. The minimum atomic E-state index is -0.402. The van der Waals surface area contributed by atoms with Crippen LogP contribution in [0.15, 0.2) is 43.2 Å². The van der Waals surface area contributed by atoms with Gasteiger partial charge in [-0.1, -0.05) is 6.58 Å². The van der Waals surface area contributed by atoms with E-state index in [0.717, 1.165) is 34.4 Å². The number of nitrogens with zero attached hydrogens (tertiary/aromatic N) is 4. The normalized spacial score (nSPS) is 16.3. The lowest BCUT2D eigenvalue weighted by atomic mass is 10.1. The second-order valence-corrected chi connectivity index (χ2v) is 7.19. The molecule has 4 heterocycles. The molecule has 0 bridgehead atoms. The molecule has 3 aromatic rings. The lowest BCUT2D eigenvalue weighted by molar-refractivity contribution is -0.135. The Morgan fingerprint density at radius 2 is 2.24 bits per heavy atom. The molecule has 1 atom stereocenters. The number of likely N-dealkylation sites (tertiary alicyclic amines) is 1. The maximum absolute atomic E-state index is 12.5. The molecule has 4 rings (SSSR count). The van der Waals surface area contributed by atoms with Gasteiger partial charge in [-0.3, -0.25) is 14.3 Å². The standard InChI is InChI=1S/C21H24N6O2/c1-3-19(28)27-12-4-5-18(27)21(29)23-9-6-14-13-16-15(7-10-22-20(16)25-14)17-8-11-24-26(17)2/h3,7-8,10-11,13,18H,1,4-6,9,12H2,2H3,(H,22,25)(H,23,29). The van der Waals surface area contributed by atoms with Crippen molar-refractivity contribution in [1.29, 1.82) is 0 Å². The number of rotatable bonds is 6. The lowest BCUT2D eigenvalue weighted by Gasteiger charge is -2.22. The largest absolute Gasteiger partial charge is 0.354 e. The molecular weight excluding hydrogens is 368 g/mol. The molecule has 0 aromatic carbocycles. The van der Waals surface area contributed by atoms with Gasteiger partial charge in [-0.15, -0.1) is 0 Å². The first-order chi connectivity index (χ1) is 14.1. The smallest absolute Gasteiger partial charge is 0.246 e. The van der Waals surface area contributed by atoms with Crippen molar-refractivity contribution in [2.24, 2.45) is 7.05 Å². The van der Waals surface area contributed by atoms with E-state index in [1.54, 1.807) is 17.3 Å². The zero-order valence-corrected chi connectivity index (χ0v) is 16.4. The molecule has 0 saturated carbocycles. The molecule has 8 heteroatoms. The van der Waals surface area contributed by atoms with E-state index in [9.17, 15) is 9.59 Å². The van der Waals surface area contributed by atoms with Crippen LogP contribution < -0.4 is 5.32 Å². The first-order valence-electron chi connectivity index (χ1n) is 9.74. The molecule has 2 N–H and O–H groups in total. The van der Waals surface area contributed by atoms with E-state index < -0.39 is 6.04 Å². The van der Waals surface area contributed by atoms with Gasteiger partial charge in [0.1, 0.15) is 11.7 Å². The molecule has 1 fully saturated rings. The number of H-pyrrole nitrogens is 1. The van der Waals surface area contributed by atoms with Crippen molar-refractivity contribution in [3.05, 3.63) is 48.9 Å². The van der Waals surface area contributed by atoms with Crippen molar-refractivity contribution in [3.8, 4) is 11.3 Å². The summed E-state index contributed by atoms with van der Waals surface area (Å²) in [6, 6.07) is 5.62. The number of amides is 2. The number of hydrogen-bond donors (Lipinski definition) is 2. The van der Waals surface area contributed by atoms with Crippen LogP contribution in [0.4, 0.5) is 0 Å². The zero-order chi connectivity index (χ0) is 20.4. The molecule has 2 amide bonds. The summed E-state index contributed by atoms with van der Waals surface area (Å²) in [6.07, 6.45) is 6.99. The van der Waals surface area contributed by atoms with Gasteiger partial charge < -0.3 is 15.2 Å². The Morgan fingerprint density at radius 1 is 1.38 bits per heavy atom. The maximum Gasteiger partial charge on any atom is 0.246 e. The highest BCUT2D eigenvalue weighted by atomic mass is 16.2. The molecule has 8 nitrogen and oxygen atoms in total. The molecule has 150 valence electrons. The average molecular weight is 392 g/mol. The zero-order valence-electron chi connectivity index (χ0n) is 16.4. The fraction of sp³-hybridized carbons (Fsp3) is 0.333. The lowest BCUT2D eigenvalue weighted by Crippen LogP contribution is -2.45. The highest BCUT2D eigenvalue weighted by molar-refractivity contribution is 5.93. The van der Waals surface area contributed by atoms with E-state index in [-0.39, 0.29) is 11.8 Å². The second kappa shape index (κ2) is 7.90. The van der Waals surface area contributed by atoms with Crippen molar-refractivity contribution in [2.45, 2.75) is 25.3 Å². The molecule has 0 spiro atoms. The highest BCUT2D eigenvalue weighted by Gasteiger charge is 2.32. The quantitative estimate of drug-likeness (QED) is 0.625. The van der Waals surface area contributed by atoms with Crippen molar-refractivity contribution in [2.75, 3.05) is 13.1 Å². The Labute approximate surface area is 168 Å². The van der Waals surface area contributed by atoms with E-state index in [1.165, 1.54) is 6.08 Å². The SMILES string of the molecule is C=CC(=O)N1CCCC1C(=O)NCCc1cc2c(-c3ccnn3C)ccnc2[nH]1. The number of carbonyl (C=O) groups is 2. The van der Waals surface area contributed by atoms with Gasteiger partial charge in [0.05, 0.1) is 5.69 Å². The van der Waals surface area contributed by atoms with Gasteiger partial charge in [0.2, 0.25) is 11.8 Å². The Balaban J connectivity index is 1.43. The summed E-state index contributed by atoms with van der Waals surface area (Å²) in [4.78, 5) is 33.7. The van der Waals surface area contributed by atoms with Gasteiger partial charge in [0.15, 0.2) is 0 Å². The molecule has 0 radical (unpaired) electrons. The van der Waals surface area contributed by atoms with Crippen LogP contribution in [0.2, 0.25) is 0 Å². The summed E-state index contributed by atoms with van der Waals surface area (Å²) in [5.74, 6) is -0.297. The number of carbonyl (C=O) groups excluding carboxylic acids is 2. The summed E-state index contributed by atoms with van der Waals surface area (Å²) in [7, 11) is 1.91. The maximum atomic E-state index is 12.5. The summed E-state index contributed by atoms with van der Waals surface area (Å²) < 4.78 is 1.83. The average Bonchev–Trinajstić information content (AvgIpc) is 3.45. The highest BCUT2D eigenvalue weighted by Crippen LogP contribution is 2.27. The van der Waals surface area contributed by atoms with Gasteiger partial charge in [-0.05, 0) is 37.1 Å². The molecule has 1 saturated heterocycles. The second-order valence-electron chi connectivity index (χ2n) is 7.19. The van der Waals surface area contributed by atoms with E-state index in [0.29, 0.717) is 25.9 Å². The fourth-order valence-corrected chi connectivity index (χ4v) is 3.94. The minimum absolute atomic E-state index is 0.109. The van der Waals surface area contributed by atoms with Crippen LogP contribution in [0.1, 0.15) is 18.5 Å². The molecule has 29 heavy (non-hydrogen) atoms. The number of fused-ring (bicyclic) bond motifs is 1. The van der Waals surface area contributed by atoms with E-state index in [2.05, 4.69) is 33.0 Å². The summed E-state index contributed by atoms with van der Waals surface area (Å²) in [5.41, 5.74) is 3.88. The first-order valence-corrected chi connectivity index (χ1v) is 9.74. The van der Waals surface area contributed by atoms with Crippen molar-refractivity contribution >= 4 is 22.8 Å². The van der Waals surface area contributed by atoms with Gasteiger partial charge >= 0.3 is 0 Å². The van der Waals surface area contributed by atoms with Crippen LogP contribution in [0.5, 0.6) is 0 Å². The third-order valence-corrected chi connectivity index (χ3v) is 5.39. The molecule has 3 aromatic heterocycles. The predicted molar refractivity (Wildman–Crippen MR) is 110 cm³/mol. The van der Waals surface area contributed by atoms with Crippen molar-refractivity contribution in [3.63, 3.8) is 0 Å². The summed E-state index contributed by atoms with van der Waals surface area (Å²) in [6.45, 7) is 4.60. The Morgan fingerprint density at radius 3 is 3.00 bits per heavy atom. The third kappa shape index (κ3) is 3.65. The number of pyridine rings is 1. The van der Waals surface area contributed by atoms with Crippen molar-refractivity contribution < 1.29 is 9.59 Å². The van der Waals surface area contributed by atoms with Crippen LogP contribution in [0.25, 0.3) is 22.3 Å². The topological polar surface area (TPSA) is 95.9 Å². The predicted octanol–water partition coefficient (Wildman–Crippen LogP) is 1.80. The van der Waals surface area contributed by atoms with Crippen LogP contribution >= 0.6 is 0 Å². The van der Waals surface area contributed by atoms with Gasteiger partial charge in [-0.25, -0.2) is 4.98 Å². The van der Waals surface area contributed by atoms with Gasteiger partial charge in [0, 0.05) is 55.6 Å². The van der Waals surface area contributed by atoms with Gasteiger partial charge in [-0.2, -0.15) is 5.10 Å². The van der Waals surface area contributed by atoms with E-state index in [4.69, 9.17) is 0 Å². The van der Waals surface area contributed by atoms with Crippen molar-refractivity contribution in [1.82, 2.24) is 30.0 Å². The third-order valence-electron chi connectivity index (χ3n) is 5.39. The Hall–Kier alpha value is -3.42. The number of nitrogens with one attached hydrogen (secondary N) is 2. The van der Waals surface area contributed by atoms with Crippen LogP contribution in [0.3, 0.4) is 0 Å². The summed E-state index contributed by atoms with van der Waals surface area (Å²) >= 11 is 0. The van der Waals surface area contributed by atoms with Crippen LogP contribution in [0, 0.1) is 0 Å².